The standard InChI is InChI=1S/C30H29F4N3O5/c1-5-40-25-10-18(6-9-24(25)39-4)17-41-22-11-21(15-35-16-22)19-7-8-20(23(31)12-19)13-28(38)36-27-14-26(42-37-27)29(2,3)30(32,33)34/h6-12,14-16H,5,13,17H2,1-4H3,(H,36,37,38). The Morgan fingerprint density at radius 1 is 0.976 bits per heavy atom. The number of benzene rings is 2. The fourth-order valence-electron chi connectivity index (χ4n) is 3.90. The smallest absolute Gasteiger partial charge is 0.401 e. The molecule has 0 spiro atoms. The van der Waals surface area contributed by atoms with Crippen molar-refractivity contribution in [1.29, 1.82) is 0 Å². The minimum atomic E-state index is -4.58. The highest BCUT2D eigenvalue weighted by molar-refractivity contribution is 5.91. The van der Waals surface area contributed by atoms with E-state index in [1.165, 1.54) is 18.3 Å². The molecule has 0 saturated heterocycles. The molecule has 4 aromatic rings. The van der Waals surface area contributed by atoms with E-state index in [9.17, 15) is 22.4 Å². The monoisotopic (exact) mass is 587 g/mol. The number of methoxy groups -OCH3 is 1. The van der Waals surface area contributed by atoms with Crippen LogP contribution in [0.2, 0.25) is 0 Å². The van der Waals surface area contributed by atoms with Gasteiger partial charge in [0.2, 0.25) is 5.91 Å². The first kappa shape index (κ1) is 30.4. The minimum Gasteiger partial charge on any atom is -0.493 e. The van der Waals surface area contributed by atoms with Crippen molar-refractivity contribution >= 4 is 11.7 Å². The molecule has 1 amide bonds. The molecule has 0 unspecified atom stereocenters. The summed E-state index contributed by atoms with van der Waals surface area (Å²) in [6, 6.07) is 12.5. The van der Waals surface area contributed by atoms with E-state index >= 15 is 0 Å². The first-order valence-corrected chi connectivity index (χ1v) is 12.9. The van der Waals surface area contributed by atoms with Gasteiger partial charge in [0.05, 0.1) is 26.3 Å². The molecule has 0 fully saturated rings. The van der Waals surface area contributed by atoms with Crippen LogP contribution < -0.4 is 19.5 Å². The van der Waals surface area contributed by atoms with E-state index in [1.54, 1.807) is 31.5 Å². The highest BCUT2D eigenvalue weighted by Gasteiger charge is 2.51. The molecule has 42 heavy (non-hydrogen) atoms. The van der Waals surface area contributed by atoms with Crippen LogP contribution in [0.1, 0.15) is 37.7 Å². The van der Waals surface area contributed by atoms with Crippen molar-refractivity contribution in [2.75, 3.05) is 19.0 Å². The normalized spacial score (nSPS) is 11.7. The van der Waals surface area contributed by atoms with Crippen molar-refractivity contribution in [3.8, 4) is 28.4 Å². The molecule has 222 valence electrons. The maximum Gasteiger partial charge on any atom is 0.401 e. The minimum absolute atomic E-state index is 0.0839. The number of halogens is 4. The Kier molecular flexibility index (Phi) is 9.03. The molecule has 2 aromatic heterocycles. The number of nitrogens with zero attached hydrogens (tertiary/aromatic N) is 2. The lowest BCUT2D eigenvalue weighted by molar-refractivity contribution is -0.185. The molecule has 0 aliphatic heterocycles. The zero-order valence-corrected chi connectivity index (χ0v) is 23.3. The number of pyridine rings is 1. The summed E-state index contributed by atoms with van der Waals surface area (Å²) in [7, 11) is 1.56. The van der Waals surface area contributed by atoms with Crippen LogP contribution >= 0.6 is 0 Å². The summed E-state index contributed by atoms with van der Waals surface area (Å²) in [5.74, 6) is -0.288. The van der Waals surface area contributed by atoms with E-state index in [0.29, 0.717) is 35.0 Å². The van der Waals surface area contributed by atoms with Gasteiger partial charge in [-0.3, -0.25) is 9.78 Å². The number of nitrogens with one attached hydrogen (secondary N) is 1. The second-order valence-corrected chi connectivity index (χ2v) is 9.85. The van der Waals surface area contributed by atoms with Crippen molar-refractivity contribution in [1.82, 2.24) is 10.1 Å². The lowest BCUT2D eigenvalue weighted by Gasteiger charge is -2.24. The van der Waals surface area contributed by atoms with Gasteiger partial charge in [-0.2, -0.15) is 13.2 Å². The molecule has 8 nitrogen and oxygen atoms in total. The Morgan fingerprint density at radius 3 is 2.45 bits per heavy atom. The third-order valence-corrected chi connectivity index (χ3v) is 6.49. The number of alkyl halides is 3. The van der Waals surface area contributed by atoms with E-state index in [1.807, 2.05) is 19.1 Å². The molecule has 0 aliphatic rings. The quantitative estimate of drug-likeness (QED) is 0.191. The Bertz CT molecular complexity index is 1550. The lowest BCUT2D eigenvalue weighted by atomic mass is 9.89. The Labute approximate surface area is 239 Å². The summed E-state index contributed by atoms with van der Waals surface area (Å²) in [5, 5.41) is 5.83. The first-order chi connectivity index (χ1) is 19.9. The van der Waals surface area contributed by atoms with Gasteiger partial charge in [0, 0.05) is 17.8 Å². The van der Waals surface area contributed by atoms with Crippen molar-refractivity contribution in [3.05, 3.63) is 83.6 Å². The first-order valence-electron chi connectivity index (χ1n) is 12.9. The lowest BCUT2D eigenvalue weighted by Crippen LogP contribution is -2.35. The molecule has 2 aromatic carbocycles. The fourth-order valence-corrected chi connectivity index (χ4v) is 3.90. The van der Waals surface area contributed by atoms with Gasteiger partial charge in [0.15, 0.2) is 23.1 Å². The van der Waals surface area contributed by atoms with Crippen molar-refractivity contribution in [3.63, 3.8) is 0 Å². The van der Waals surface area contributed by atoms with Crippen LogP contribution in [-0.4, -0.2) is 35.9 Å². The zero-order valence-electron chi connectivity index (χ0n) is 23.3. The van der Waals surface area contributed by atoms with Crippen LogP contribution in [-0.2, 0) is 23.2 Å². The van der Waals surface area contributed by atoms with Gasteiger partial charge in [-0.15, -0.1) is 0 Å². The van der Waals surface area contributed by atoms with Crippen LogP contribution in [0.4, 0.5) is 23.4 Å². The summed E-state index contributed by atoms with van der Waals surface area (Å²) in [6.45, 7) is 4.47. The number of aromatic nitrogens is 2. The third kappa shape index (κ3) is 6.99. The summed E-state index contributed by atoms with van der Waals surface area (Å²) in [6.07, 6.45) is -1.86. The average molecular weight is 588 g/mol. The molecular weight excluding hydrogens is 558 g/mol. The number of carbonyl (C=O) groups excluding carboxylic acids is 1. The highest BCUT2D eigenvalue weighted by Crippen LogP contribution is 2.41. The van der Waals surface area contributed by atoms with Gasteiger partial charge < -0.3 is 24.1 Å². The van der Waals surface area contributed by atoms with Crippen LogP contribution in [0.3, 0.4) is 0 Å². The molecule has 12 heteroatoms. The molecule has 0 saturated carbocycles. The SMILES string of the molecule is CCOc1cc(COc2cncc(-c3ccc(CC(=O)Nc4cc(C(C)(C)C(F)(F)F)on4)c(F)c3)c2)ccc1OC. The largest absolute Gasteiger partial charge is 0.493 e. The molecule has 1 N–H and O–H groups in total. The van der Waals surface area contributed by atoms with E-state index < -0.39 is 29.1 Å². The average Bonchev–Trinajstić information content (AvgIpc) is 3.42. The van der Waals surface area contributed by atoms with Crippen molar-refractivity contribution < 1.29 is 41.1 Å². The van der Waals surface area contributed by atoms with Crippen LogP contribution in [0.5, 0.6) is 17.2 Å². The molecule has 2 heterocycles. The van der Waals surface area contributed by atoms with E-state index in [4.69, 9.17) is 18.7 Å². The Balaban J connectivity index is 1.40. The molecule has 0 atom stereocenters. The molecule has 0 aliphatic carbocycles. The highest BCUT2D eigenvalue weighted by atomic mass is 19.4. The predicted molar refractivity (Wildman–Crippen MR) is 146 cm³/mol. The number of hydrogen-bond donors (Lipinski definition) is 1. The number of carbonyl (C=O) groups is 1. The zero-order chi connectivity index (χ0) is 30.5. The Hall–Kier alpha value is -4.61. The van der Waals surface area contributed by atoms with Gasteiger partial charge in [-0.1, -0.05) is 23.4 Å². The van der Waals surface area contributed by atoms with Crippen LogP contribution in [0.25, 0.3) is 11.1 Å². The van der Waals surface area contributed by atoms with Crippen molar-refractivity contribution in [2.45, 2.75) is 45.4 Å². The number of rotatable bonds is 11. The fraction of sp³-hybridized carbons (Fsp3) is 0.300. The summed E-state index contributed by atoms with van der Waals surface area (Å²) >= 11 is 0. The summed E-state index contributed by atoms with van der Waals surface area (Å²) < 4.78 is 76.2. The van der Waals surface area contributed by atoms with Crippen molar-refractivity contribution in [2.24, 2.45) is 0 Å². The summed E-state index contributed by atoms with van der Waals surface area (Å²) in [5.41, 5.74) is -0.266. The van der Waals surface area contributed by atoms with Gasteiger partial charge in [0.25, 0.3) is 0 Å². The molecule has 0 radical (unpaired) electrons. The predicted octanol–water partition coefficient (Wildman–Crippen LogP) is 6.88. The number of ether oxygens (including phenoxy) is 3. The second kappa shape index (κ2) is 12.5. The van der Waals surface area contributed by atoms with Crippen LogP contribution in [0, 0.1) is 5.82 Å². The topological polar surface area (TPSA) is 95.7 Å². The molecular formula is C30H29F4N3O5. The molecule has 4 rings (SSSR count). The van der Waals surface area contributed by atoms with Gasteiger partial charge in [-0.05, 0) is 61.7 Å². The number of amides is 1. The number of anilines is 1. The second-order valence-electron chi connectivity index (χ2n) is 9.85. The van der Waals surface area contributed by atoms with Gasteiger partial charge in [-0.25, -0.2) is 4.39 Å². The van der Waals surface area contributed by atoms with E-state index in [2.05, 4.69) is 15.5 Å². The Morgan fingerprint density at radius 2 is 1.76 bits per heavy atom. The third-order valence-electron chi connectivity index (χ3n) is 6.49. The van der Waals surface area contributed by atoms with Crippen LogP contribution in [0.15, 0.2) is 65.4 Å². The summed E-state index contributed by atoms with van der Waals surface area (Å²) in [4.78, 5) is 16.6. The van der Waals surface area contributed by atoms with Gasteiger partial charge >= 0.3 is 6.18 Å². The maximum absolute atomic E-state index is 14.9. The molecule has 0 bridgehead atoms. The maximum atomic E-state index is 14.9. The van der Waals surface area contributed by atoms with Gasteiger partial charge in [0.1, 0.15) is 23.6 Å². The van der Waals surface area contributed by atoms with E-state index in [0.717, 1.165) is 25.5 Å². The van der Waals surface area contributed by atoms with E-state index in [-0.39, 0.29) is 24.4 Å². The number of hydrogen-bond acceptors (Lipinski definition) is 7.